The Kier molecular flexibility index (Phi) is 7.40. The van der Waals surface area contributed by atoms with Gasteiger partial charge in [0, 0.05) is 30.1 Å². The van der Waals surface area contributed by atoms with Crippen molar-refractivity contribution < 1.29 is 14.3 Å². The fraction of sp³-hybridized carbons (Fsp3) is 0.346. The highest BCUT2D eigenvalue weighted by Crippen LogP contribution is 2.27. The number of rotatable bonds is 7. The fourth-order valence-electron chi connectivity index (χ4n) is 4.21. The summed E-state index contributed by atoms with van der Waals surface area (Å²) < 4.78 is 5.19. The highest BCUT2D eigenvalue weighted by Gasteiger charge is 2.29. The molecule has 2 heterocycles. The normalized spacial score (nSPS) is 15.2. The third-order valence-corrected chi connectivity index (χ3v) is 7.02. The van der Waals surface area contributed by atoms with Crippen LogP contribution < -0.4 is 10.1 Å². The number of nitrogens with one attached hydrogen (secondary N) is 1. The quantitative estimate of drug-likeness (QED) is 0.550. The van der Waals surface area contributed by atoms with Gasteiger partial charge in [-0.1, -0.05) is 37.3 Å². The highest BCUT2D eigenvalue weighted by atomic mass is 32.1. The summed E-state index contributed by atoms with van der Waals surface area (Å²) in [6.45, 7) is 3.36. The number of ether oxygens (including phenoxy) is 1. The minimum Gasteiger partial charge on any atom is -0.497 e. The third kappa shape index (κ3) is 5.42. The number of hydrogen-bond acceptors (Lipinski definition) is 5. The Morgan fingerprint density at radius 2 is 1.82 bits per heavy atom. The lowest BCUT2D eigenvalue weighted by atomic mass is 9.93. The number of carbonyl (C=O) groups excluding carboxylic acids is 2. The lowest BCUT2D eigenvalue weighted by Crippen LogP contribution is -2.47. The molecule has 1 saturated heterocycles. The largest absolute Gasteiger partial charge is 0.497 e. The zero-order valence-corrected chi connectivity index (χ0v) is 19.8. The lowest BCUT2D eigenvalue weighted by Gasteiger charge is -2.34. The van der Waals surface area contributed by atoms with E-state index in [1.54, 1.807) is 12.5 Å². The molecule has 7 heteroatoms. The van der Waals surface area contributed by atoms with Crippen LogP contribution in [-0.4, -0.2) is 47.9 Å². The molecule has 0 bridgehead atoms. The van der Waals surface area contributed by atoms with Gasteiger partial charge in [-0.3, -0.25) is 9.59 Å². The number of benzene rings is 2. The van der Waals surface area contributed by atoms with Crippen LogP contribution in [0.4, 0.5) is 0 Å². The van der Waals surface area contributed by atoms with Gasteiger partial charge < -0.3 is 15.0 Å². The smallest absolute Gasteiger partial charge is 0.270 e. The second-order valence-electron chi connectivity index (χ2n) is 8.21. The van der Waals surface area contributed by atoms with E-state index in [4.69, 9.17) is 4.74 Å². The van der Waals surface area contributed by atoms with Crippen LogP contribution in [0.25, 0.3) is 10.6 Å². The van der Waals surface area contributed by atoms with Crippen LogP contribution in [0, 0.1) is 0 Å². The van der Waals surface area contributed by atoms with Crippen molar-refractivity contribution in [1.82, 2.24) is 15.2 Å². The van der Waals surface area contributed by atoms with Crippen molar-refractivity contribution in [3.63, 3.8) is 0 Å². The monoisotopic (exact) mass is 463 g/mol. The highest BCUT2D eigenvalue weighted by molar-refractivity contribution is 7.13. The van der Waals surface area contributed by atoms with Crippen LogP contribution in [0.1, 0.15) is 48.2 Å². The first kappa shape index (κ1) is 23.0. The summed E-state index contributed by atoms with van der Waals surface area (Å²) >= 11 is 1.45. The molecule has 1 fully saturated rings. The first-order chi connectivity index (χ1) is 16.1. The maximum atomic E-state index is 13.1. The molecule has 172 valence electrons. The van der Waals surface area contributed by atoms with Crippen molar-refractivity contribution in [2.45, 2.75) is 38.1 Å². The van der Waals surface area contributed by atoms with Gasteiger partial charge in [0.25, 0.3) is 5.91 Å². The zero-order valence-electron chi connectivity index (χ0n) is 19.0. The van der Waals surface area contributed by atoms with Crippen molar-refractivity contribution in [1.29, 1.82) is 0 Å². The van der Waals surface area contributed by atoms with Crippen LogP contribution in [0.5, 0.6) is 5.75 Å². The maximum absolute atomic E-state index is 13.1. The topological polar surface area (TPSA) is 71.5 Å². The van der Waals surface area contributed by atoms with E-state index in [-0.39, 0.29) is 23.8 Å². The number of aromatic nitrogens is 1. The molecule has 4 rings (SSSR count). The average Bonchev–Trinajstić information content (AvgIpc) is 3.36. The lowest BCUT2D eigenvalue weighted by molar-refractivity contribution is -0.134. The minimum atomic E-state index is -0.161. The molecule has 1 aromatic heterocycles. The summed E-state index contributed by atoms with van der Waals surface area (Å²) in [5.41, 5.74) is 2.45. The molecular weight excluding hydrogens is 434 g/mol. The Bertz CT molecular complexity index is 1070. The van der Waals surface area contributed by atoms with Crippen molar-refractivity contribution in [3.8, 4) is 16.3 Å². The Morgan fingerprint density at radius 3 is 2.45 bits per heavy atom. The first-order valence-corrected chi connectivity index (χ1v) is 12.2. The molecule has 0 aliphatic carbocycles. The van der Waals surface area contributed by atoms with Gasteiger partial charge in [0.15, 0.2) is 0 Å². The van der Waals surface area contributed by atoms with Gasteiger partial charge >= 0.3 is 0 Å². The van der Waals surface area contributed by atoms with Gasteiger partial charge in [0.05, 0.1) is 13.0 Å². The van der Waals surface area contributed by atoms with E-state index < -0.39 is 0 Å². The summed E-state index contributed by atoms with van der Waals surface area (Å²) in [5, 5.41) is 5.69. The molecule has 33 heavy (non-hydrogen) atoms. The number of thiazole rings is 1. The standard InChI is InChI=1S/C26H29N3O3S/c1-3-22(18-7-5-4-6-8-18)26(31)29-15-13-20(14-16-29)27-24(30)23-17-33-25(28-23)19-9-11-21(32-2)12-10-19/h4-12,17,20,22H,3,13-16H2,1-2H3,(H,27,30). The molecular formula is C26H29N3O3S. The second-order valence-corrected chi connectivity index (χ2v) is 9.07. The molecule has 1 atom stereocenters. The predicted octanol–water partition coefficient (Wildman–Crippen LogP) is 4.73. The summed E-state index contributed by atoms with van der Waals surface area (Å²) in [5.74, 6) is 0.694. The molecule has 6 nitrogen and oxygen atoms in total. The molecule has 1 N–H and O–H groups in total. The first-order valence-electron chi connectivity index (χ1n) is 11.3. The Hall–Kier alpha value is -3.19. The number of methoxy groups -OCH3 is 1. The molecule has 3 aromatic rings. The van der Waals surface area contributed by atoms with Gasteiger partial charge in [0.1, 0.15) is 16.5 Å². The average molecular weight is 464 g/mol. The van der Waals surface area contributed by atoms with Crippen molar-refractivity contribution in [3.05, 3.63) is 71.2 Å². The number of hydrogen-bond donors (Lipinski definition) is 1. The van der Waals surface area contributed by atoms with E-state index in [0.717, 1.165) is 41.1 Å². The molecule has 0 radical (unpaired) electrons. The van der Waals surface area contributed by atoms with Crippen LogP contribution in [0.3, 0.4) is 0 Å². The number of piperidine rings is 1. The van der Waals surface area contributed by atoms with E-state index in [9.17, 15) is 9.59 Å². The van der Waals surface area contributed by atoms with E-state index in [0.29, 0.717) is 18.8 Å². The van der Waals surface area contributed by atoms with Gasteiger partial charge in [-0.25, -0.2) is 4.98 Å². The summed E-state index contributed by atoms with van der Waals surface area (Å²) in [4.78, 5) is 32.3. The molecule has 2 amide bonds. The summed E-state index contributed by atoms with van der Waals surface area (Å²) in [6.07, 6.45) is 2.27. The second kappa shape index (κ2) is 10.6. The SMILES string of the molecule is CCC(C(=O)N1CCC(NC(=O)c2csc(-c3ccc(OC)cc3)n2)CC1)c1ccccc1. The Morgan fingerprint density at radius 1 is 1.12 bits per heavy atom. The van der Waals surface area contributed by atoms with Crippen LogP contribution >= 0.6 is 11.3 Å². The van der Waals surface area contributed by atoms with E-state index in [1.165, 1.54) is 11.3 Å². The van der Waals surface area contributed by atoms with E-state index in [1.807, 2.05) is 59.5 Å². The molecule has 1 aliphatic heterocycles. The van der Waals surface area contributed by atoms with Crippen LogP contribution in [-0.2, 0) is 4.79 Å². The molecule has 2 aromatic carbocycles. The maximum Gasteiger partial charge on any atom is 0.270 e. The van der Waals surface area contributed by atoms with Crippen LogP contribution in [0.15, 0.2) is 60.0 Å². The Balaban J connectivity index is 1.31. The summed E-state index contributed by atoms with van der Waals surface area (Å²) in [6, 6.07) is 17.6. The minimum absolute atomic E-state index is 0.0458. The van der Waals surface area contributed by atoms with Gasteiger partial charge in [-0.05, 0) is 49.1 Å². The van der Waals surface area contributed by atoms with Crippen molar-refractivity contribution >= 4 is 23.2 Å². The van der Waals surface area contributed by atoms with E-state index in [2.05, 4.69) is 17.2 Å². The predicted molar refractivity (Wildman–Crippen MR) is 131 cm³/mol. The number of likely N-dealkylation sites (tertiary alicyclic amines) is 1. The van der Waals surface area contributed by atoms with Crippen LogP contribution in [0.2, 0.25) is 0 Å². The zero-order chi connectivity index (χ0) is 23.2. The number of amides is 2. The summed E-state index contributed by atoms with van der Waals surface area (Å²) in [7, 11) is 1.63. The third-order valence-electron chi connectivity index (χ3n) is 6.12. The molecule has 1 aliphatic rings. The van der Waals surface area contributed by atoms with Crippen molar-refractivity contribution in [2.24, 2.45) is 0 Å². The van der Waals surface area contributed by atoms with Gasteiger partial charge in [-0.2, -0.15) is 0 Å². The number of nitrogens with zero attached hydrogens (tertiary/aromatic N) is 2. The Labute approximate surface area is 198 Å². The fourth-order valence-corrected chi connectivity index (χ4v) is 5.01. The van der Waals surface area contributed by atoms with Gasteiger partial charge in [0.2, 0.25) is 5.91 Å². The molecule has 0 spiro atoms. The van der Waals surface area contributed by atoms with Crippen molar-refractivity contribution in [2.75, 3.05) is 20.2 Å². The molecule has 0 saturated carbocycles. The number of carbonyl (C=O) groups is 2. The van der Waals surface area contributed by atoms with Gasteiger partial charge in [-0.15, -0.1) is 11.3 Å². The van der Waals surface area contributed by atoms with E-state index >= 15 is 0 Å². The molecule has 1 unspecified atom stereocenters.